The average Bonchev–Trinajstić information content (AvgIpc) is 2.78. The highest BCUT2D eigenvalue weighted by Gasteiger charge is 2.23. The molecule has 1 heterocycles. The van der Waals surface area contributed by atoms with E-state index in [9.17, 15) is 4.79 Å². The van der Waals surface area contributed by atoms with Gasteiger partial charge in [0.05, 0.1) is 22.1 Å². The van der Waals surface area contributed by atoms with Crippen LogP contribution in [0.3, 0.4) is 0 Å². The van der Waals surface area contributed by atoms with Gasteiger partial charge in [-0.05, 0) is 48.0 Å². The topological polar surface area (TPSA) is 56.5 Å². The molecule has 0 amide bonds. The van der Waals surface area contributed by atoms with Crippen LogP contribution in [-0.4, -0.2) is 15.9 Å². The molecule has 8 heteroatoms. The number of aromatic nitrogens is 2. The molecule has 0 saturated heterocycles. The zero-order valence-electron chi connectivity index (χ0n) is 18.8. The van der Waals surface area contributed by atoms with Crippen molar-refractivity contribution in [2.45, 2.75) is 32.8 Å². The third-order valence-electron chi connectivity index (χ3n) is 5.10. The Kier molecular flexibility index (Phi) is 7.12. The van der Waals surface area contributed by atoms with E-state index in [1.165, 1.54) is 4.68 Å². The Morgan fingerprint density at radius 1 is 1.06 bits per heavy atom. The first kappa shape index (κ1) is 24.5. The summed E-state index contributed by atoms with van der Waals surface area (Å²) in [5.41, 5.74) is 1.59. The summed E-state index contributed by atoms with van der Waals surface area (Å²) in [4.78, 5) is 18.0. The summed E-state index contributed by atoms with van der Waals surface area (Å²) < 4.78 is 7.99. The zero-order valence-corrected chi connectivity index (χ0v) is 21.9. The fourth-order valence-electron chi connectivity index (χ4n) is 3.35. The summed E-state index contributed by atoms with van der Waals surface area (Å²) in [6, 6.07) is 18.3. The van der Waals surface area contributed by atoms with Crippen molar-refractivity contribution in [1.82, 2.24) is 9.66 Å². The fourth-order valence-corrected chi connectivity index (χ4v) is 4.15. The molecular formula is C26H22BrCl2N3O2. The first-order chi connectivity index (χ1) is 16.1. The minimum Gasteiger partial charge on any atom is -0.487 e. The molecule has 174 valence electrons. The molecule has 0 spiro atoms. The van der Waals surface area contributed by atoms with Crippen molar-refractivity contribution in [3.8, 4) is 5.75 Å². The van der Waals surface area contributed by atoms with E-state index in [1.807, 2.05) is 63.2 Å². The molecule has 0 radical (unpaired) electrons. The lowest BCUT2D eigenvalue weighted by molar-refractivity contribution is 0.306. The van der Waals surface area contributed by atoms with Crippen LogP contribution in [-0.2, 0) is 12.0 Å². The summed E-state index contributed by atoms with van der Waals surface area (Å²) in [7, 11) is 0. The lowest BCUT2D eigenvalue weighted by Crippen LogP contribution is -2.29. The summed E-state index contributed by atoms with van der Waals surface area (Å²) in [5.74, 6) is 1.10. The van der Waals surface area contributed by atoms with Crippen LogP contribution in [0.1, 0.15) is 37.7 Å². The van der Waals surface area contributed by atoms with Crippen LogP contribution in [0.5, 0.6) is 5.75 Å². The summed E-state index contributed by atoms with van der Waals surface area (Å²) in [5, 5.41) is 6.04. The molecule has 0 saturated carbocycles. The number of fused-ring (bicyclic) bond motifs is 1. The Labute approximate surface area is 216 Å². The quantitative estimate of drug-likeness (QED) is 0.243. The van der Waals surface area contributed by atoms with Gasteiger partial charge < -0.3 is 4.74 Å². The molecule has 0 fully saturated rings. The third kappa shape index (κ3) is 5.35. The standard InChI is InChI=1S/C26H22BrCl2N3O2/c1-26(2,3)25-31-22-10-9-18(27)13-19(22)24(33)32(25)30-14-16-8-11-23(21(29)12-16)34-15-17-6-4-5-7-20(17)28/h4-14H,15H2,1-3H3. The molecule has 0 atom stereocenters. The van der Waals surface area contributed by atoms with Crippen molar-refractivity contribution in [3.05, 3.63) is 102 Å². The predicted octanol–water partition coefficient (Wildman–Crippen LogP) is 7.22. The Balaban J connectivity index is 1.65. The monoisotopic (exact) mass is 557 g/mol. The van der Waals surface area contributed by atoms with Gasteiger partial charge in [-0.2, -0.15) is 9.78 Å². The SMILES string of the molecule is CC(C)(C)c1nc2ccc(Br)cc2c(=O)n1N=Cc1ccc(OCc2ccccc2Cl)c(Cl)c1. The number of hydrogen-bond acceptors (Lipinski definition) is 4. The van der Waals surface area contributed by atoms with Crippen LogP contribution in [0.25, 0.3) is 10.9 Å². The fraction of sp³-hybridized carbons (Fsp3) is 0.192. The van der Waals surface area contributed by atoms with E-state index in [0.29, 0.717) is 39.1 Å². The Morgan fingerprint density at radius 2 is 1.82 bits per heavy atom. The summed E-state index contributed by atoms with van der Waals surface area (Å²) in [6.45, 7) is 6.28. The van der Waals surface area contributed by atoms with Crippen LogP contribution < -0.4 is 10.3 Å². The van der Waals surface area contributed by atoms with Gasteiger partial charge in [0, 0.05) is 20.5 Å². The van der Waals surface area contributed by atoms with Gasteiger partial charge in [0.25, 0.3) is 5.56 Å². The van der Waals surface area contributed by atoms with E-state index < -0.39 is 5.41 Å². The Hall–Kier alpha value is -2.67. The van der Waals surface area contributed by atoms with Crippen molar-refractivity contribution in [1.29, 1.82) is 0 Å². The van der Waals surface area contributed by atoms with Crippen molar-refractivity contribution in [3.63, 3.8) is 0 Å². The smallest absolute Gasteiger partial charge is 0.282 e. The van der Waals surface area contributed by atoms with Crippen LogP contribution in [0, 0.1) is 0 Å². The molecule has 4 rings (SSSR count). The number of nitrogens with zero attached hydrogens (tertiary/aromatic N) is 3. The van der Waals surface area contributed by atoms with E-state index in [-0.39, 0.29) is 5.56 Å². The van der Waals surface area contributed by atoms with E-state index in [0.717, 1.165) is 15.6 Å². The molecule has 1 aromatic heterocycles. The number of benzene rings is 3. The first-order valence-corrected chi connectivity index (χ1v) is 12.1. The van der Waals surface area contributed by atoms with Gasteiger partial charge in [0.2, 0.25) is 0 Å². The van der Waals surface area contributed by atoms with Crippen molar-refractivity contribution >= 4 is 56.2 Å². The molecule has 0 N–H and O–H groups in total. The van der Waals surface area contributed by atoms with E-state index in [2.05, 4.69) is 21.0 Å². The van der Waals surface area contributed by atoms with Crippen molar-refractivity contribution in [2.24, 2.45) is 5.10 Å². The van der Waals surface area contributed by atoms with Crippen molar-refractivity contribution < 1.29 is 4.74 Å². The minimum atomic E-state index is -0.397. The van der Waals surface area contributed by atoms with Crippen LogP contribution in [0.4, 0.5) is 0 Å². The normalized spacial score (nSPS) is 11.9. The van der Waals surface area contributed by atoms with Crippen LogP contribution in [0.2, 0.25) is 10.0 Å². The number of ether oxygens (including phenoxy) is 1. The summed E-state index contributed by atoms with van der Waals surface area (Å²) in [6.07, 6.45) is 1.59. The first-order valence-electron chi connectivity index (χ1n) is 10.6. The largest absolute Gasteiger partial charge is 0.487 e. The van der Waals surface area contributed by atoms with Gasteiger partial charge in [-0.3, -0.25) is 4.79 Å². The van der Waals surface area contributed by atoms with Crippen LogP contribution >= 0.6 is 39.1 Å². The molecular weight excluding hydrogens is 537 g/mol. The third-order valence-corrected chi connectivity index (χ3v) is 6.26. The molecule has 3 aromatic carbocycles. The number of halogens is 3. The second-order valence-electron chi connectivity index (χ2n) is 8.78. The second kappa shape index (κ2) is 9.90. The summed E-state index contributed by atoms with van der Waals surface area (Å²) >= 11 is 16.1. The van der Waals surface area contributed by atoms with Gasteiger partial charge in [-0.15, -0.1) is 0 Å². The number of rotatable bonds is 5. The van der Waals surface area contributed by atoms with Gasteiger partial charge >= 0.3 is 0 Å². The highest BCUT2D eigenvalue weighted by atomic mass is 79.9. The molecule has 5 nitrogen and oxygen atoms in total. The van der Waals surface area contributed by atoms with E-state index in [4.69, 9.17) is 32.9 Å². The predicted molar refractivity (Wildman–Crippen MR) is 143 cm³/mol. The van der Waals surface area contributed by atoms with Gasteiger partial charge in [0.1, 0.15) is 18.2 Å². The minimum absolute atomic E-state index is 0.238. The van der Waals surface area contributed by atoms with Crippen molar-refractivity contribution in [2.75, 3.05) is 0 Å². The lowest BCUT2D eigenvalue weighted by atomic mass is 9.95. The molecule has 34 heavy (non-hydrogen) atoms. The van der Waals surface area contributed by atoms with Gasteiger partial charge in [0.15, 0.2) is 0 Å². The molecule has 4 aromatic rings. The molecule has 0 bridgehead atoms. The van der Waals surface area contributed by atoms with Crippen LogP contribution in [0.15, 0.2) is 75.0 Å². The van der Waals surface area contributed by atoms with Gasteiger partial charge in [-0.25, -0.2) is 4.98 Å². The Morgan fingerprint density at radius 3 is 2.53 bits per heavy atom. The maximum absolute atomic E-state index is 13.3. The highest BCUT2D eigenvalue weighted by molar-refractivity contribution is 9.10. The molecule has 0 aliphatic carbocycles. The molecule has 0 aliphatic rings. The lowest BCUT2D eigenvalue weighted by Gasteiger charge is -2.20. The Bertz CT molecular complexity index is 1460. The number of hydrogen-bond donors (Lipinski definition) is 0. The maximum Gasteiger partial charge on any atom is 0.282 e. The highest BCUT2D eigenvalue weighted by Crippen LogP contribution is 2.27. The zero-order chi connectivity index (χ0) is 24.5. The van der Waals surface area contributed by atoms with E-state index >= 15 is 0 Å². The maximum atomic E-state index is 13.3. The van der Waals surface area contributed by atoms with Gasteiger partial charge in [-0.1, -0.05) is 78.1 Å². The molecule has 0 aliphatic heterocycles. The van der Waals surface area contributed by atoms with E-state index in [1.54, 1.807) is 24.4 Å². The second-order valence-corrected chi connectivity index (χ2v) is 10.5. The average molecular weight is 559 g/mol. The molecule has 0 unspecified atom stereocenters.